The van der Waals surface area contributed by atoms with Crippen LogP contribution in [0.4, 0.5) is 22.9 Å². The average molecular weight is 655 g/mol. The van der Waals surface area contributed by atoms with Crippen molar-refractivity contribution in [1.82, 2.24) is 24.6 Å². The number of morpholine rings is 1. The van der Waals surface area contributed by atoms with Gasteiger partial charge < -0.3 is 36.2 Å². The standard InChI is InChI=1S/C29H36BrN9O4/c1-16-13-38(14-17(2)43-16)29(42)22-8-19(30)9-23(31)26(22)34-21-10-24(27(40)35-25-5-6-37(4)36-25)39(15-21)28(41)18-7-20(32-3)12-33-11-18/h5-9,11-12,16-17,21,24,32,34H,10,13-15,31H2,1-4H3,(H,35,36,40)/t16-,17+,21-,24+/m1/s1. The summed E-state index contributed by atoms with van der Waals surface area (Å²) in [7, 11) is 3.49. The van der Waals surface area contributed by atoms with Gasteiger partial charge in [-0.25, -0.2) is 0 Å². The number of aromatic nitrogens is 3. The zero-order valence-corrected chi connectivity index (χ0v) is 26.1. The predicted octanol–water partition coefficient (Wildman–Crippen LogP) is 2.78. The number of rotatable bonds is 7. The summed E-state index contributed by atoms with van der Waals surface area (Å²) >= 11 is 3.48. The Morgan fingerprint density at radius 1 is 1.07 bits per heavy atom. The summed E-state index contributed by atoms with van der Waals surface area (Å²) in [5.41, 5.74) is 8.72. The number of hydrogen-bond acceptors (Lipinski definition) is 9. The zero-order valence-electron chi connectivity index (χ0n) is 24.5. The Balaban J connectivity index is 1.43. The summed E-state index contributed by atoms with van der Waals surface area (Å²) in [4.78, 5) is 48.5. The van der Waals surface area contributed by atoms with Gasteiger partial charge in [0.25, 0.3) is 11.8 Å². The molecule has 4 atom stereocenters. The molecule has 3 aromatic rings. The van der Waals surface area contributed by atoms with Gasteiger partial charge >= 0.3 is 0 Å². The molecule has 1 aromatic carbocycles. The lowest BCUT2D eigenvalue weighted by atomic mass is 10.1. The number of amides is 3. The third kappa shape index (κ3) is 6.75. The first-order chi connectivity index (χ1) is 20.5. The maximum absolute atomic E-state index is 13.8. The molecule has 4 heterocycles. The van der Waals surface area contributed by atoms with Crippen molar-refractivity contribution in [3.05, 3.63) is 58.5 Å². The van der Waals surface area contributed by atoms with Gasteiger partial charge in [0.2, 0.25) is 5.91 Å². The van der Waals surface area contributed by atoms with E-state index in [9.17, 15) is 14.4 Å². The summed E-state index contributed by atoms with van der Waals surface area (Å²) in [6, 6.07) is 5.63. The van der Waals surface area contributed by atoms with Gasteiger partial charge in [-0.2, -0.15) is 5.10 Å². The lowest BCUT2D eigenvalue weighted by Crippen LogP contribution is -2.48. The Bertz CT molecular complexity index is 1520. The van der Waals surface area contributed by atoms with E-state index in [-0.39, 0.29) is 48.9 Å². The lowest BCUT2D eigenvalue weighted by molar-refractivity contribution is -0.119. The minimum Gasteiger partial charge on any atom is -0.397 e. The van der Waals surface area contributed by atoms with Crippen LogP contribution in [0.2, 0.25) is 0 Å². The Hall–Kier alpha value is -4.17. The fourth-order valence-corrected chi connectivity index (χ4v) is 6.12. The number of nitrogen functional groups attached to an aromatic ring is 1. The van der Waals surface area contributed by atoms with E-state index >= 15 is 0 Å². The zero-order chi connectivity index (χ0) is 30.8. The molecule has 0 radical (unpaired) electrons. The summed E-state index contributed by atoms with van der Waals surface area (Å²) < 4.78 is 8.07. The van der Waals surface area contributed by atoms with Crippen LogP contribution in [0.15, 0.2) is 47.3 Å². The van der Waals surface area contributed by atoms with Crippen molar-refractivity contribution < 1.29 is 19.1 Å². The number of nitrogens with one attached hydrogen (secondary N) is 3. The van der Waals surface area contributed by atoms with Crippen LogP contribution in [0.25, 0.3) is 0 Å². The van der Waals surface area contributed by atoms with Crippen LogP contribution in [0.1, 0.15) is 41.0 Å². The van der Waals surface area contributed by atoms with E-state index < -0.39 is 6.04 Å². The van der Waals surface area contributed by atoms with Crippen molar-refractivity contribution >= 4 is 56.5 Å². The number of pyridine rings is 1. The first-order valence-corrected chi connectivity index (χ1v) is 14.9. The highest BCUT2D eigenvalue weighted by Crippen LogP contribution is 2.33. The molecule has 3 amide bonds. The second-order valence-electron chi connectivity index (χ2n) is 11.0. The van der Waals surface area contributed by atoms with Crippen molar-refractivity contribution in [1.29, 1.82) is 0 Å². The predicted molar refractivity (Wildman–Crippen MR) is 167 cm³/mol. The molecule has 2 aromatic heterocycles. The fourth-order valence-electron chi connectivity index (χ4n) is 5.64. The molecular weight excluding hydrogens is 618 g/mol. The number of nitrogens with two attached hydrogens (primary N) is 1. The molecule has 13 nitrogen and oxygen atoms in total. The minimum absolute atomic E-state index is 0.0997. The highest BCUT2D eigenvalue weighted by molar-refractivity contribution is 9.10. The van der Waals surface area contributed by atoms with Gasteiger partial charge in [-0.15, -0.1) is 0 Å². The monoisotopic (exact) mass is 653 g/mol. The Morgan fingerprint density at radius 2 is 1.81 bits per heavy atom. The van der Waals surface area contributed by atoms with Crippen LogP contribution in [-0.2, 0) is 16.6 Å². The quantitative estimate of drug-likeness (QED) is 0.281. The number of anilines is 4. The average Bonchev–Trinajstić information content (AvgIpc) is 3.58. The second-order valence-corrected chi connectivity index (χ2v) is 11.9. The third-order valence-electron chi connectivity index (χ3n) is 7.52. The third-order valence-corrected chi connectivity index (χ3v) is 7.98. The molecule has 43 heavy (non-hydrogen) atoms. The van der Waals surface area contributed by atoms with Gasteiger partial charge in [-0.1, -0.05) is 15.9 Å². The SMILES string of the molecule is CNc1cncc(C(=O)N2C[C@H](Nc3c(N)cc(Br)cc3C(=O)N3C[C@@H](C)O[C@@H](C)C3)C[C@H]2C(=O)Nc2ccn(C)n2)c1. The van der Waals surface area contributed by atoms with Crippen molar-refractivity contribution in [2.24, 2.45) is 7.05 Å². The van der Waals surface area contributed by atoms with E-state index in [1.165, 1.54) is 11.1 Å². The molecule has 2 aliphatic rings. The summed E-state index contributed by atoms with van der Waals surface area (Å²) in [5, 5.41) is 13.5. The van der Waals surface area contributed by atoms with Crippen LogP contribution in [0, 0.1) is 0 Å². The lowest BCUT2D eigenvalue weighted by Gasteiger charge is -2.36. The molecule has 2 aliphatic heterocycles. The number of ether oxygens (including phenoxy) is 1. The first kappa shape index (κ1) is 30.3. The molecular formula is C29H36BrN9O4. The Morgan fingerprint density at radius 3 is 2.49 bits per heavy atom. The molecule has 5 rings (SSSR count). The molecule has 228 valence electrons. The molecule has 0 unspecified atom stereocenters. The van der Waals surface area contributed by atoms with Crippen LogP contribution < -0.4 is 21.7 Å². The number of benzene rings is 1. The van der Waals surface area contributed by atoms with E-state index in [1.54, 1.807) is 60.3 Å². The van der Waals surface area contributed by atoms with Crippen molar-refractivity contribution in [3.8, 4) is 0 Å². The van der Waals surface area contributed by atoms with Crippen molar-refractivity contribution in [2.45, 2.75) is 44.6 Å². The molecule has 5 N–H and O–H groups in total. The van der Waals surface area contributed by atoms with E-state index in [2.05, 4.69) is 42.0 Å². The fraction of sp³-hybridized carbons (Fsp3) is 0.414. The van der Waals surface area contributed by atoms with Gasteiger partial charge in [0, 0.05) is 68.9 Å². The number of hydrogen-bond donors (Lipinski definition) is 4. The van der Waals surface area contributed by atoms with Crippen molar-refractivity contribution in [2.75, 3.05) is 48.4 Å². The van der Waals surface area contributed by atoms with E-state index in [0.29, 0.717) is 51.6 Å². The van der Waals surface area contributed by atoms with E-state index in [1.807, 2.05) is 13.8 Å². The molecule has 0 bridgehead atoms. The molecule has 0 spiro atoms. The van der Waals surface area contributed by atoms with Crippen LogP contribution >= 0.6 is 15.9 Å². The normalized spacial score (nSPS) is 21.9. The van der Waals surface area contributed by atoms with Gasteiger partial charge in [0.15, 0.2) is 5.82 Å². The summed E-state index contributed by atoms with van der Waals surface area (Å²) in [6.45, 7) is 4.98. The van der Waals surface area contributed by atoms with Gasteiger partial charge in [0.05, 0.1) is 40.4 Å². The van der Waals surface area contributed by atoms with Gasteiger partial charge in [-0.3, -0.25) is 24.0 Å². The highest BCUT2D eigenvalue weighted by atomic mass is 79.9. The topological polar surface area (TPSA) is 160 Å². The maximum Gasteiger partial charge on any atom is 0.256 e. The van der Waals surface area contributed by atoms with Crippen molar-refractivity contribution in [3.63, 3.8) is 0 Å². The maximum atomic E-state index is 13.8. The van der Waals surface area contributed by atoms with Crippen LogP contribution in [0.3, 0.4) is 0 Å². The molecule has 2 saturated heterocycles. The Kier molecular flexibility index (Phi) is 8.87. The Labute approximate surface area is 258 Å². The minimum atomic E-state index is -0.818. The number of nitrogens with zero attached hydrogens (tertiary/aromatic N) is 5. The largest absolute Gasteiger partial charge is 0.397 e. The molecule has 0 aliphatic carbocycles. The number of aryl methyl sites for hydroxylation is 1. The van der Waals surface area contributed by atoms with Gasteiger partial charge in [-0.05, 0) is 38.5 Å². The second kappa shape index (κ2) is 12.6. The molecule has 14 heteroatoms. The van der Waals surface area contributed by atoms with Crippen LogP contribution in [0.5, 0.6) is 0 Å². The first-order valence-electron chi connectivity index (χ1n) is 14.1. The van der Waals surface area contributed by atoms with Crippen LogP contribution in [-0.4, -0.2) is 93.3 Å². The van der Waals surface area contributed by atoms with Gasteiger partial charge in [0.1, 0.15) is 6.04 Å². The van der Waals surface area contributed by atoms with E-state index in [4.69, 9.17) is 10.5 Å². The summed E-state index contributed by atoms with van der Waals surface area (Å²) in [6.07, 6.45) is 4.89. The molecule has 0 saturated carbocycles. The summed E-state index contributed by atoms with van der Waals surface area (Å²) in [5.74, 6) is -0.506. The number of halogens is 1. The smallest absolute Gasteiger partial charge is 0.256 e. The highest BCUT2D eigenvalue weighted by Gasteiger charge is 2.41. The number of likely N-dealkylation sites (tertiary alicyclic amines) is 1. The number of carbonyl (C=O) groups excluding carboxylic acids is 3. The molecule has 2 fully saturated rings. The van der Waals surface area contributed by atoms with E-state index in [0.717, 1.165) is 0 Å². The number of carbonyl (C=O) groups is 3.